The first kappa shape index (κ1) is 16.4. The smallest absolute Gasteiger partial charge is 0.251 e. The normalized spacial score (nSPS) is 12.3. The van der Waals surface area contributed by atoms with E-state index in [1.165, 1.54) is 0 Å². The van der Waals surface area contributed by atoms with Gasteiger partial charge in [0.2, 0.25) is 0 Å². The number of rotatable bonds is 7. The van der Waals surface area contributed by atoms with Crippen molar-refractivity contribution in [1.29, 1.82) is 0 Å². The summed E-state index contributed by atoms with van der Waals surface area (Å²) in [6.45, 7) is 6.73. The first-order valence-corrected chi connectivity index (χ1v) is 6.97. The number of carbonyl (C=O) groups excluding carboxylic acids is 1. The van der Waals surface area contributed by atoms with Gasteiger partial charge in [0.1, 0.15) is 5.82 Å². The maximum absolute atomic E-state index is 12.3. The molecule has 1 rings (SSSR count). The molecule has 2 N–H and O–H groups in total. The van der Waals surface area contributed by atoms with Crippen LogP contribution in [0.25, 0.3) is 0 Å². The Labute approximate surface area is 121 Å². The Balaban J connectivity index is 2.83. The van der Waals surface area contributed by atoms with E-state index < -0.39 is 0 Å². The van der Waals surface area contributed by atoms with Gasteiger partial charge in [0, 0.05) is 38.1 Å². The lowest BCUT2D eigenvalue weighted by molar-refractivity contribution is 0.0929. The van der Waals surface area contributed by atoms with E-state index in [9.17, 15) is 4.79 Å². The molecule has 1 atom stereocenters. The fraction of sp³-hybridized carbons (Fsp3) is 0.600. The second-order valence-corrected chi connectivity index (χ2v) is 5.23. The van der Waals surface area contributed by atoms with Crippen LogP contribution in [0.1, 0.15) is 49.2 Å². The predicted molar refractivity (Wildman–Crippen MR) is 81.3 cm³/mol. The van der Waals surface area contributed by atoms with Gasteiger partial charge >= 0.3 is 0 Å². The summed E-state index contributed by atoms with van der Waals surface area (Å²) in [6.07, 6.45) is 0.795. The van der Waals surface area contributed by atoms with E-state index in [0.717, 1.165) is 12.1 Å². The van der Waals surface area contributed by atoms with Crippen LogP contribution in [0.15, 0.2) is 12.1 Å². The summed E-state index contributed by atoms with van der Waals surface area (Å²) in [6, 6.07) is 3.70. The Morgan fingerprint density at radius 3 is 2.60 bits per heavy atom. The molecule has 1 unspecified atom stereocenters. The molecule has 0 radical (unpaired) electrons. The van der Waals surface area contributed by atoms with Crippen molar-refractivity contribution in [1.82, 2.24) is 10.3 Å². The standard InChI is InChI=1S/C15H25N3O2/c1-10(2)13-8-12(9-14(16-4)18-13)15(19)17-11(3)6-7-20-5/h8-11H,6-7H2,1-5H3,(H,16,18)(H,17,19). The van der Waals surface area contributed by atoms with Gasteiger partial charge in [0.15, 0.2) is 0 Å². The molecular formula is C15H25N3O2. The third-order valence-corrected chi connectivity index (χ3v) is 3.09. The molecule has 5 heteroatoms. The number of carbonyl (C=O) groups is 1. The number of anilines is 1. The van der Waals surface area contributed by atoms with Gasteiger partial charge in [-0.2, -0.15) is 0 Å². The zero-order chi connectivity index (χ0) is 15.1. The van der Waals surface area contributed by atoms with Gasteiger partial charge < -0.3 is 15.4 Å². The number of amides is 1. The van der Waals surface area contributed by atoms with Crippen molar-refractivity contribution in [2.75, 3.05) is 26.1 Å². The summed E-state index contributed by atoms with van der Waals surface area (Å²) in [7, 11) is 3.46. The van der Waals surface area contributed by atoms with Crippen LogP contribution in [-0.2, 0) is 4.74 Å². The molecule has 1 aromatic rings. The second-order valence-electron chi connectivity index (χ2n) is 5.23. The molecule has 0 fully saturated rings. The molecule has 0 bridgehead atoms. The van der Waals surface area contributed by atoms with Crippen molar-refractivity contribution in [3.05, 3.63) is 23.4 Å². The molecule has 0 saturated heterocycles. The topological polar surface area (TPSA) is 63.2 Å². The number of nitrogens with one attached hydrogen (secondary N) is 2. The van der Waals surface area contributed by atoms with Crippen LogP contribution >= 0.6 is 0 Å². The molecule has 0 spiro atoms. The van der Waals surface area contributed by atoms with Gasteiger partial charge in [0.25, 0.3) is 5.91 Å². The molecular weight excluding hydrogens is 254 g/mol. The summed E-state index contributed by atoms with van der Waals surface area (Å²) < 4.78 is 5.02. The van der Waals surface area contributed by atoms with Crippen LogP contribution in [0, 0.1) is 0 Å². The maximum Gasteiger partial charge on any atom is 0.251 e. The number of ether oxygens (including phenoxy) is 1. The highest BCUT2D eigenvalue weighted by Crippen LogP contribution is 2.17. The Bertz CT molecular complexity index is 447. The van der Waals surface area contributed by atoms with Gasteiger partial charge in [-0.1, -0.05) is 13.8 Å². The second kappa shape index (κ2) is 7.85. The van der Waals surface area contributed by atoms with Crippen LogP contribution in [0.4, 0.5) is 5.82 Å². The minimum Gasteiger partial charge on any atom is -0.385 e. The average Bonchev–Trinajstić information content (AvgIpc) is 2.44. The van der Waals surface area contributed by atoms with E-state index >= 15 is 0 Å². The molecule has 1 aromatic heterocycles. The van der Waals surface area contributed by atoms with Crippen LogP contribution in [0.3, 0.4) is 0 Å². The molecule has 1 amide bonds. The van der Waals surface area contributed by atoms with Gasteiger partial charge in [-0.3, -0.25) is 4.79 Å². The number of hydrogen-bond acceptors (Lipinski definition) is 4. The van der Waals surface area contributed by atoms with E-state index in [0.29, 0.717) is 18.0 Å². The maximum atomic E-state index is 12.3. The van der Waals surface area contributed by atoms with Crippen molar-refractivity contribution in [2.45, 2.75) is 39.2 Å². The van der Waals surface area contributed by atoms with Crippen LogP contribution in [-0.4, -0.2) is 37.7 Å². The SMILES string of the molecule is CNc1cc(C(=O)NC(C)CCOC)cc(C(C)C)n1. The van der Waals surface area contributed by atoms with Crippen molar-refractivity contribution < 1.29 is 9.53 Å². The fourth-order valence-electron chi connectivity index (χ4n) is 1.78. The molecule has 0 aliphatic rings. The lowest BCUT2D eigenvalue weighted by Crippen LogP contribution is -2.33. The highest BCUT2D eigenvalue weighted by Gasteiger charge is 2.13. The Morgan fingerprint density at radius 1 is 1.35 bits per heavy atom. The molecule has 0 aliphatic carbocycles. The highest BCUT2D eigenvalue weighted by molar-refractivity contribution is 5.95. The Hall–Kier alpha value is -1.62. The van der Waals surface area contributed by atoms with Crippen LogP contribution in [0.5, 0.6) is 0 Å². The largest absolute Gasteiger partial charge is 0.385 e. The number of aromatic nitrogens is 1. The van der Waals surface area contributed by atoms with E-state index in [-0.39, 0.29) is 17.9 Å². The van der Waals surface area contributed by atoms with E-state index in [2.05, 4.69) is 29.5 Å². The Morgan fingerprint density at radius 2 is 2.05 bits per heavy atom. The number of hydrogen-bond donors (Lipinski definition) is 2. The van der Waals surface area contributed by atoms with Crippen molar-refractivity contribution in [3.8, 4) is 0 Å². The predicted octanol–water partition coefficient (Wildman–Crippen LogP) is 2.40. The lowest BCUT2D eigenvalue weighted by atomic mass is 10.1. The van der Waals surface area contributed by atoms with Gasteiger partial charge in [-0.05, 0) is 31.4 Å². The van der Waals surface area contributed by atoms with Gasteiger partial charge in [-0.15, -0.1) is 0 Å². The third-order valence-electron chi connectivity index (χ3n) is 3.09. The summed E-state index contributed by atoms with van der Waals surface area (Å²) in [5.41, 5.74) is 1.55. The monoisotopic (exact) mass is 279 g/mol. The first-order valence-electron chi connectivity index (χ1n) is 6.97. The third kappa shape index (κ3) is 4.81. The summed E-state index contributed by atoms with van der Waals surface area (Å²) >= 11 is 0. The molecule has 112 valence electrons. The molecule has 20 heavy (non-hydrogen) atoms. The highest BCUT2D eigenvalue weighted by atomic mass is 16.5. The van der Waals surface area contributed by atoms with Crippen LogP contribution in [0.2, 0.25) is 0 Å². The summed E-state index contributed by atoms with van der Waals surface area (Å²) in [5, 5.41) is 5.97. The summed E-state index contributed by atoms with van der Waals surface area (Å²) in [5.74, 6) is 0.918. The molecule has 0 saturated carbocycles. The van der Waals surface area contributed by atoms with E-state index in [4.69, 9.17) is 4.74 Å². The first-order chi connectivity index (χ1) is 9.47. The zero-order valence-electron chi connectivity index (χ0n) is 13.0. The van der Waals surface area contributed by atoms with Crippen molar-refractivity contribution >= 4 is 11.7 Å². The van der Waals surface area contributed by atoms with Crippen LogP contribution < -0.4 is 10.6 Å². The molecule has 0 aromatic carbocycles. The molecule has 0 aliphatic heterocycles. The van der Waals surface area contributed by atoms with Crippen molar-refractivity contribution in [2.24, 2.45) is 0 Å². The molecule has 1 heterocycles. The minimum atomic E-state index is -0.0746. The fourth-order valence-corrected chi connectivity index (χ4v) is 1.78. The Kier molecular flexibility index (Phi) is 6.45. The van der Waals surface area contributed by atoms with E-state index in [1.807, 2.05) is 13.0 Å². The number of nitrogens with zero attached hydrogens (tertiary/aromatic N) is 1. The van der Waals surface area contributed by atoms with Crippen molar-refractivity contribution in [3.63, 3.8) is 0 Å². The average molecular weight is 279 g/mol. The van der Waals surface area contributed by atoms with Gasteiger partial charge in [-0.25, -0.2) is 4.98 Å². The minimum absolute atomic E-state index is 0.0746. The van der Waals surface area contributed by atoms with E-state index in [1.54, 1.807) is 20.2 Å². The lowest BCUT2D eigenvalue weighted by Gasteiger charge is -2.15. The van der Waals surface area contributed by atoms with Gasteiger partial charge in [0.05, 0.1) is 0 Å². The number of methoxy groups -OCH3 is 1. The molecule has 5 nitrogen and oxygen atoms in total. The summed E-state index contributed by atoms with van der Waals surface area (Å²) in [4.78, 5) is 16.7. The number of pyridine rings is 1. The quantitative estimate of drug-likeness (QED) is 0.804. The zero-order valence-corrected chi connectivity index (χ0v) is 13.0.